The van der Waals surface area contributed by atoms with Gasteiger partial charge < -0.3 is 28.4 Å². The number of nitrogens with zero attached hydrogens (tertiary/aromatic N) is 1. The number of carbonyl (C=O) groups excluding carboxylic acids is 2. The molecule has 0 radical (unpaired) electrons. The Balaban J connectivity index is 0.758. The van der Waals surface area contributed by atoms with Crippen molar-refractivity contribution in [2.45, 2.75) is 318 Å². The Labute approximate surface area is 419 Å². The Morgan fingerprint density at radius 1 is 0.406 bits per heavy atom. The summed E-state index contributed by atoms with van der Waals surface area (Å²) < 4.78 is 37.8. The first-order valence-electron chi connectivity index (χ1n) is 30.1. The molecule has 9 saturated carbocycles. The van der Waals surface area contributed by atoms with Crippen molar-refractivity contribution in [2.24, 2.45) is 29.1 Å². The van der Waals surface area contributed by atoms with Crippen LogP contribution in [0.3, 0.4) is 0 Å². The lowest BCUT2D eigenvalue weighted by Crippen LogP contribution is -2.55. The van der Waals surface area contributed by atoms with Crippen molar-refractivity contribution in [2.75, 3.05) is 7.11 Å². The second-order valence-electron chi connectivity index (χ2n) is 24.8. The molecular weight excluding hydrogens is 863 g/mol. The maximum Gasteiger partial charge on any atom is 0.508 e. The third kappa shape index (κ3) is 14.6. The van der Waals surface area contributed by atoms with Gasteiger partial charge in [0.2, 0.25) is 0 Å². The van der Waals surface area contributed by atoms with Crippen LogP contribution in [0.1, 0.15) is 251 Å². The molecule has 0 N–H and O–H groups in total. The quantitative estimate of drug-likeness (QED) is 0.117. The zero-order valence-corrected chi connectivity index (χ0v) is 43.9. The third-order valence-corrected chi connectivity index (χ3v) is 20.4. The van der Waals surface area contributed by atoms with Crippen molar-refractivity contribution < 1.29 is 38.0 Å². The van der Waals surface area contributed by atoms with Crippen molar-refractivity contribution in [3.8, 4) is 0 Å². The summed E-state index contributed by atoms with van der Waals surface area (Å²) >= 11 is 0. The molecule has 8 atom stereocenters. The summed E-state index contributed by atoms with van der Waals surface area (Å²) in [6, 6.07) is 1.82. The topological polar surface area (TPSA) is 92.8 Å². The average molecular weight is 962 g/mol. The highest BCUT2D eigenvalue weighted by Crippen LogP contribution is 2.57. The van der Waals surface area contributed by atoms with Crippen LogP contribution in [0.25, 0.3) is 0 Å². The Hall–Kier alpha value is -1.68. The Kier molecular flexibility index (Phi) is 19.7. The van der Waals surface area contributed by atoms with Gasteiger partial charge >= 0.3 is 12.1 Å². The lowest BCUT2D eigenvalue weighted by Gasteiger charge is -2.52. The van der Waals surface area contributed by atoms with E-state index in [-0.39, 0.29) is 36.5 Å². The summed E-state index contributed by atoms with van der Waals surface area (Å²) in [5.41, 5.74) is 0.403. The van der Waals surface area contributed by atoms with Gasteiger partial charge in [-0.3, -0.25) is 9.69 Å². The van der Waals surface area contributed by atoms with E-state index in [1.54, 1.807) is 6.92 Å². The van der Waals surface area contributed by atoms with Crippen LogP contribution < -0.4 is 0 Å². The second-order valence-corrected chi connectivity index (χ2v) is 24.8. The highest BCUT2D eigenvalue weighted by molar-refractivity contribution is 5.66. The molecule has 9 rings (SSSR count). The lowest BCUT2D eigenvalue weighted by atomic mass is 9.53. The lowest BCUT2D eigenvalue weighted by molar-refractivity contribution is -0.149. The molecule has 0 aromatic heterocycles. The van der Waals surface area contributed by atoms with Gasteiger partial charge in [0.15, 0.2) is 0 Å². The van der Waals surface area contributed by atoms with Gasteiger partial charge in [0.25, 0.3) is 0 Å². The zero-order valence-electron chi connectivity index (χ0n) is 43.9. The van der Waals surface area contributed by atoms with Crippen molar-refractivity contribution >= 4 is 12.1 Å². The van der Waals surface area contributed by atoms with Gasteiger partial charge in [-0.2, -0.15) is 0 Å². The number of allylic oxidation sites excluding steroid dienone is 2. The summed E-state index contributed by atoms with van der Waals surface area (Å²) in [4.78, 5) is 28.2. The smallest absolute Gasteiger partial charge is 0.463 e. The number of hydrogen-bond acceptors (Lipinski definition) is 9. The van der Waals surface area contributed by atoms with Gasteiger partial charge in [0.05, 0.1) is 30.5 Å². The average Bonchev–Trinajstić information content (AvgIpc) is 3.37. The van der Waals surface area contributed by atoms with E-state index in [9.17, 15) is 9.59 Å². The fourth-order valence-electron chi connectivity index (χ4n) is 16.9. The number of methoxy groups -OCH3 is 1. The molecule has 0 amide bonds. The van der Waals surface area contributed by atoms with E-state index in [0.717, 1.165) is 101 Å². The molecule has 8 unspecified atom stereocenters. The minimum Gasteiger partial charge on any atom is -0.463 e. The van der Waals surface area contributed by atoms with Crippen molar-refractivity contribution in [3.63, 3.8) is 0 Å². The molecule has 0 saturated heterocycles. The van der Waals surface area contributed by atoms with Crippen molar-refractivity contribution in [1.29, 1.82) is 0 Å². The first-order valence-corrected chi connectivity index (χ1v) is 30.1. The second kappa shape index (κ2) is 26.0. The number of hydrogen-bond donors (Lipinski definition) is 0. The third-order valence-electron chi connectivity index (χ3n) is 20.4. The maximum absolute atomic E-state index is 13.4. The largest absolute Gasteiger partial charge is 0.508 e. The van der Waals surface area contributed by atoms with Crippen LogP contribution in [0, 0.1) is 29.1 Å². The molecule has 0 aromatic rings. The number of ether oxygens (including phenoxy) is 6. The van der Waals surface area contributed by atoms with Crippen LogP contribution in [0.2, 0.25) is 0 Å². The Morgan fingerprint density at radius 3 is 1.41 bits per heavy atom. The normalized spacial score (nSPS) is 39.7. The minimum absolute atomic E-state index is 0.0406. The van der Waals surface area contributed by atoms with E-state index in [4.69, 9.17) is 28.4 Å². The molecular formula is C60H99NO8. The molecule has 0 aromatic carbocycles. The van der Waals surface area contributed by atoms with Crippen molar-refractivity contribution in [1.82, 2.24) is 4.90 Å². The van der Waals surface area contributed by atoms with E-state index in [2.05, 4.69) is 17.1 Å². The SMILES string of the molecule is COC1CCCC(OC2CCCC(N(C3CCC(C=CC4CCCCC4)CC3)C3CCCC(OC4CCCC(OC(=O)OC5CCC(C6(C7CCC(OC(C)=O)CC7)CCCCC6)CC5)C4)C3)C2)C1. The first kappa shape index (κ1) is 52.2. The van der Waals surface area contributed by atoms with E-state index in [1.165, 1.54) is 161 Å². The molecule has 0 spiro atoms. The van der Waals surface area contributed by atoms with Crippen LogP contribution in [0.4, 0.5) is 4.79 Å². The van der Waals surface area contributed by atoms with Gasteiger partial charge in [-0.25, -0.2) is 4.79 Å². The summed E-state index contributed by atoms with van der Waals surface area (Å²) in [6.45, 7) is 1.55. The molecule has 392 valence electrons. The van der Waals surface area contributed by atoms with E-state index in [1.807, 2.05) is 7.11 Å². The number of carbonyl (C=O) groups is 2. The first-order chi connectivity index (χ1) is 33.8. The van der Waals surface area contributed by atoms with E-state index >= 15 is 0 Å². The zero-order chi connectivity index (χ0) is 47.4. The molecule has 9 nitrogen and oxygen atoms in total. The Morgan fingerprint density at radius 2 is 0.855 bits per heavy atom. The molecule has 9 aliphatic rings. The molecule has 0 aliphatic heterocycles. The summed E-state index contributed by atoms with van der Waals surface area (Å²) in [7, 11) is 1.88. The van der Waals surface area contributed by atoms with Gasteiger partial charge in [-0.1, -0.05) is 50.7 Å². The van der Waals surface area contributed by atoms with Crippen molar-refractivity contribution in [3.05, 3.63) is 12.2 Å². The molecule has 9 aliphatic carbocycles. The van der Waals surface area contributed by atoms with Crippen LogP contribution in [0.15, 0.2) is 12.2 Å². The monoisotopic (exact) mass is 962 g/mol. The highest BCUT2D eigenvalue weighted by Gasteiger charge is 2.48. The maximum atomic E-state index is 13.4. The molecule has 0 bridgehead atoms. The highest BCUT2D eigenvalue weighted by atomic mass is 16.7. The van der Waals surface area contributed by atoms with Gasteiger partial charge in [-0.05, 0) is 228 Å². The van der Waals surface area contributed by atoms with E-state index < -0.39 is 6.16 Å². The predicted molar refractivity (Wildman–Crippen MR) is 273 cm³/mol. The number of rotatable bonds is 15. The van der Waals surface area contributed by atoms with Crippen LogP contribution >= 0.6 is 0 Å². The summed E-state index contributed by atoms with van der Waals surface area (Å²) in [5.74, 6) is 2.85. The Bertz CT molecular complexity index is 1570. The van der Waals surface area contributed by atoms with Crippen LogP contribution in [0.5, 0.6) is 0 Å². The molecule has 69 heavy (non-hydrogen) atoms. The fraction of sp³-hybridized carbons (Fsp3) is 0.933. The summed E-state index contributed by atoms with van der Waals surface area (Å²) in [5, 5.41) is 0. The molecule has 9 fully saturated rings. The summed E-state index contributed by atoms with van der Waals surface area (Å²) in [6.07, 6.45) is 52.1. The standard InChI is InChI=1S/C60H99NO8/c1-43(62)65-51-33-27-46(28-34-51)60(37-7-4-8-38-60)47-29-35-52(36-30-47)68-59(63)69-58-22-12-21-57(42-58)67-55-19-10-16-50(40-55)61(48-31-25-45(26-32-48)24-23-44-13-5-3-6-14-44)49-15-9-18-54(39-49)66-56-20-11-17-53(41-56)64-2/h23-24,44-58H,3-22,25-42H2,1-2H3. The fourth-order valence-corrected chi connectivity index (χ4v) is 16.9. The molecule has 9 heteroatoms. The van der Waals surface area contributed by atoms with Gasteiger partial charge in [0.1, 0.15) is 18.3 Å². The van der Waals surface area contributed by atoms with Gasteiger partial charge in [-0.15, -0.1) is 0 Å². The van der Waals surface area contributed by atoms with Crippen LogP contribution in [-0.2, 0) is 33.2 Å². The van der Waals surface area contributed by atoms with Gasteiger partial charge in [0, 0.05) is 38.6 Å². The van der Waals surface area contributed by atoms with E-state index in [0.29, 0.717) is 47.8 Å². The predicted octanol–water partition coefficient (Wildman–Crippen LogP) is 14.7. The number of esters is 1. The van der Waals surface area contributed by atoms with Crippen LogP contribution in [-0.4, -0.2) is 91.1 Å². The minimum atomic E-state index is -0.454. The molecule has 0 heterocycles.